The zero-order valence-corrected chi connectivity index (χ0v) is 5.19. The average molecular weight is 122 g/mol. The molecule has 3 heteroatoms. The van der Waals surface area contributed by atoms with Crippen LogP contribution in [0.25, 0.3) is 0 Å². The molecule has 0 saturated heterocycles. The summed E-state index contributed by atoms with van der Waals surface area (Å²) in [5.41, 5.74) is 0. The molecule has 44 valence electrons. The van der Waals surface area contributed by atoms with Gasteiger partial charge in [0.1, 0.15) is 0 Å². The van der Waals surface area contributed by atoms with Gasteiger partial charge in [0, 0.05) is 12.9 Å². The maximum atomic E-state index is 8.66. The van der Waals surface area contributed by atoms with Gasteiger partial charge in [-0.25, -0.2) is 0 Å². The summed E-state index contributed by atoms with van der Waals surface area (Å²) < 4.78 is 4.60. The summed E-state index contributed by atoms with van der Waals surface area (Å²) in [6.07, 6.45) is -0.409. The Morgan fingerprint density at radius 2 is 2.43 bits per heavy atom. The minimum Gasteiger partial charge on any atom is -0.390 e. The lowest BCUT2D eigenvalue weighted by Crippen LogP contribution is -2.14. The zero-order chi connectivity index (χ0) is 5.70. The average Bonchev–Trinajstić information content (AvgIpc) is 1.68. The van der Waals surface area contributed by atoms with Crippen molar-refractivity contribution in [2.45, 2.75) is 6.10 Å². The lowest BCUT2D eigenvalue weighted by Gasteiger charge is -2.02. The molecular weight excluding hydrogens is 112 g/mol. The lowest BCUT2D eigenvalue weighted by atomic mass is 10.4. The van der Waals surface area contributed by atoms with E-state index in [-0.39, 0.29) is 0 Å². The quantitative estimate of drug-likeness (QED) is 0.513. The van der Waals surface area contributed by atoms with Crippen LogP contribution in [0.2, 0.25) is 0 Å². The van der Waals surface area contributed by atoms with Gasteiger partial charge in [-0.15, -0.1) is 0 Å². The maximum absolute atomic E-state index is 8.66. The second-order valence-electron chi connectivity index (χ2n) is 1.29. The summed E-state index contributed by atoms with van der Waals surface area (Å²) in [6, 6.07) is 0. The van der Waals surface area contributed by atoms with Gasteiger partial charge in [0.05, 0.1) is 12.7 Å². The van der Waals surface area contributed by atoms with Crippen LogP contribution in [-0.4, -0.2) is 30.7 Å². The van der Waals surface area contributed by atoms with Crippen LogP contribution in [0.15, 0.2) is 0 Å². The smallest absolute Gasteiger partial charge is 0.0861 e. The van der Waals surface area contributed by atoms with Gasteiger partial charge in [0.25, 0.3) is 0 Å². The van der Waals surface area contributed by atoms with Crippen molar-refractivity contribution in [1.29, 1.82) is 0 Å². The van der Waals surface area contributed by atoms with Gasteiger partial charge in [-0.1, -0.05) is 0 Å². The van der Waals surface area contributed by atoms with Gasteiger partial charge >= 0.3 is 0 Å². The van der Waals surface area contributed by atoms with Crippen LogP contribution in [0.3, 0.4) is 0 Å². The Morgan fingerprint density at radius 3 is 2.57 bits per heavy atom. The molecule has 0 aliphatic heterocycles. The second-order valence-corrected chi connectivity index (χ2v) is 1.66. The van der Waals surface area contributed by atoms with Crippen molar-refractivity contribution in [3.63, 3.8) is 0 Å². The molecule has 0 aliphatic carbocycles. The summed E-state index contributed by atoms with van der Waals surface area (Å²) in [7, 11) is 1.55. The molecule has 0 amide bonds. The highest BCUT2D eigenvalue weighted by molar-refractivity contribution is 7.80. The third-order valence-corrected chi connectivity index (χ3v) is 0.991. The summed E-state index contributed by atoms with van der Waals surface area (Å²) in [5, 5.41) is 8.66. The van der Waals surface area contributed by atoms with Crippen molar-refractivity contribution in [3.8, 4) is 0 Å². The summed E-state index contributed by atoms with van der Waals surface area (Å²) in [5.74, 6) is 0.466. The van der Waals surface area contributed by atoms with E-state index >= 15 is 0 Å². The van der Waals surface area contributed by atoms with E-state index < -0.39 is 6.10 Å². The number of aliphatic hydroxyl groups excluding tert-OH is 1. The van der Waals surface area contributed by atoms with E-state index in [0.29, 0.717) is 12.4 Å². The molecule has 0 aromatic carbocycles. The zero-order valence-electron chi connectivity index (χ0n) is 4.29. The normalized spacial score (nSPS) is 14.1. The van der Waals surface area contributed by atoms with Crippen molar-refractivity contribution >= 4 is 12.6 Å². The fraction of sp³-hybridized carbons (Fsp3) is 1.00. The molecule has 0 fully saturated rings. The minimum absolute atomic E-state index is 0.378. The monoisotopic (exact) mass is 122 g/mol. The van der Waals surface area contributed by atoms with Crippen molar-refractivity contribution in [3.05, 3.63) is 0 Å². The van der Waals surface area contributed by atoms with Crippen molar-refractivity contribution in [1.82, 2.24) is 0 Å². The topological polar surface area (TPSA) is 29.5 Å². The Labute approximate surface area is 48.9 Å². The number of ether oxygens (including phenoxy) is 1. The Balaban J connectivity index is 2.83. The van der Waals surface area contributed by atoms with E-state index in [1.807, 2.05) is 0 Å². The van der Waals surface area contributed by atoms with Gasteiger partial charge < -0.3 is 9.84 Å². The molecule has 0 aromatic rings. The maximum Gasteiger partial charge on any atom is 0.0861 e. The number of thiol groups is 1. The third kappa shape index (κ3) is 4.12. The first-order chi connectivity index (χ1) is 3.31. The summed E-state index contributed by atoms with van der Waals surface area (Å²) in [6.45, 7) is 0.378. The van der Waals surface area contributed by atoms with E-state index in [0.717, 1.165) is 0 Å². The standard InChI is InChI=1S/C4H10O2S/c1-6-2-4(5)3-7/h4-5,7H,2-3H2,1H3/t4-/m1/s1. The van der Waals surface area contributed by atoms with Gasteiger partial charge in [0.15, 0.2) is 0 Å². The van der Waals surface area contributed by atoms with Gasteiger partial charge in [0.2, 0.25) is 0 Å². The summed E-state index contributed by atoms with van der Waals surface area (Å²) in [4.78, 5) is 0. The lowest BCUT2D eigenvalue weighted by molar-refractivity contribution is 0.0796. The SMILES string of the molecule is COC[C@@H](O)CS. The number of hydrogen-bond acceptors (Lipinski definition) is 3. The van der Waals surface area contributed by atoms with Crippen LogP contribution in [0, 0.1) is 0 Å². The van der Waals surface area contributed by atoms with E-state index in [4.69, 9.17) is 5.11 Å². The Kier molecular flexibility index (Phi) is 4.60. The van der Waals surface area contributed by atoms with Crippen LogP contribution in [0.5, 0.6) is 0 Å². The van der Waals surface area contributed by atoms with Crippen molar-refractivity contribution in [2.75, 3.05) is 19.5 Å². The van der Waals surface area contributed by atoms with Crippen LogP contribution < -0.4 is 0 Å². The molecular formula is C4H10O2S. The Morgan fingerprint density at radius 1 is 1.86 bits per heavy atom. The van der Waals surface area contributed by atoms with Crippen LogP contribution in [0.4, 0.5) is 0 Å². The highest BCUT2D eigenvalue weighted by atomic mass is 32.1. The molecule has 0 unspecified atom stereocenters. The molecule has 0 spiro atoms. The highest BCUT2D eigenvalue weighted by Gasteiger charge is 1.95. The molecule has 1 atom stereocenters. The molecule has 0 aliphatic rings. The first-order valence-corrected chi connectivity index (χ1v) is 2.72. The molecule has 2 nitrogen and oxygen atoms in total. The highest BCUT2D eigenvalue weighted by Crippen LogP contribution is 1.84. The van der Waals surface area contributed by atoms with Gasteiger partial charge in [-0.05, 0) is 0 Å². The predicted octanol–water partition coefficient (Wildman–Crippen LogP) is -0.0765. The molecule has 0 saturated carbocycles. The molecule has 7 heavy (non-hydrogen) atoms. The molecule has 0 aromatic heterocycles. The molecule has 0 heterocycles. The number of rotatable bonds is 3. The van der Waals surface area contributed by atoms with Crippen LogP contribution >= 0.6 is 12.6 Å². The number of hydrogen-bond donors (Lipinski definition) is 2. The van der Waals surface area contributed by atoms with E-state index in [1.54, 1.807) is 7.11 Å². The van der Waals surface area contributed by atoms with Crippen LogP contribution in [0.1, 0.15) is 0 Å². The Hall–Kier alpha value is 0.270. The molecule has 0 bridgehead atoms. The third-order valence-electron chi connectivity index (χ3n) is 0.570. The van der Waals surface area contributed by atoms with Gasteiger partial charge in [-0.2, -0.15) is 12.6 Å². The van der Waals surface area contributed by atoms with Gasteiger partial charge in [-0.3, -0.25) is 0 Å². The van der Waals surface area contributed by atoms with Crippen LogP contribution in [-0.2, 0) is 4.74 Å². The minimum atomic E-state index is -0.409. The molecule has 1 N–H and O–H groups in total. The number of aliphatic hydroxyl groups is 1. The first-order valence-electron chi connectivity index (χ1n) is 2.09. The fourth-order valence-electron chi connectivity index (χ4n) is 0.245. The first kappa shape index (κ1) is 7.27. The number of methoxy groups -OCH3 is 1. The van der Waals surface area contributed by atoms with E-state index in [2.05, 4.69) is 17.4 Å². The largest absolute Gasteiger partial charge is 0.390 e. The van der Waals surface area contributed by atoms with E-state index in [1.165, 1.54) is 0 Å². The fourth-order valence-corrected chi connectivity index (χ4v) is 0.351. The molecule has 0 radical (unpaired) electrons. The van der Waals surface area contributed by atoms with E-state index in [9.17, 15) is 0 Å². The molecule has 0 rings (SSSR count). The second kappa shape index (κ2) is 4.43. The van der Waals surface area contributed by atoms with Crippen molar-refractivity contribution < 1.29 is 9.84 Å². The summed E-state index contributed by atoms with van der Waals surface area (Å²) >= 11 is 3.82. The predicted molar refractivity (Wildman–Crippen MR) is 31.7 cm³/mol. The Bertz CT molecular complexity index is 40.7. The van der Waals surface area contributed by atoms with Crippen molar-refractivity contribution in [2.24, 2.45) is 0 Å².